The second kappa shape index (κ2) is 9.55. The summed E-state index contributed by atoms with van der Waals surface area (Å²) in [5.74, 6) is -2.06. The van der Waals surface area contributed by atoms with Crippen LogP contribution in [-0.2, 0) is 15.8 Å². The van der Waals surface area contributed by atoms with Gasteiger partial charge >= 0.3 is 6.18 Å². The number of hydrogen-bond donors (Lipinski definition) is 2. The highest BCUT2D eigenvalue weighted by Crippen LogP contribution is 2.32. The number of alkyl halides is 3. The van der Waals surface area contributed by atoms with Gasteiger partial charge in [0.15, 0.2) is 0 Å². The Bertz CT molecular complexity index is 1370. The first kappa shape index (κ1) is 24.5. The Hall–Kier alpha value is -3.63. The van der Waals surface area contributed by atoms with Gasteiger partial charge in [-0.2, -0.15) is 13.2 Å². The largest absolute Gasteiger partial charge is 0.416 e. The molecule has 0 saturated carbocycles. The smallest absolute Gasteiger partial charge is 0.350 e. The highest BCUT2D eigenvalue weighted by atomic mass is 79.9. The van der Waals surface area contributed by atoms with Crippen LogP contribution in [0.1, 0.15) is 15.9 Å². The zero-order valence-corrected chi connectivity index (χ0v) is 19.8. The molecule has 11 heteroatoms. The Morgan fingerprint density at radius 1 is 0.886 bits per heavy atom. The zero-order valence-electron chi connectivity index (χ0n) is 17.5. The topological polar surface area (TPSA) is 78.5 Å². The van der Waals surface area contributed by atoms with Crippen molar-refractivity contribution in [2.75, 3.05) is 15.5 Å². The monoisotopic (exact) mass is 563 g/mol. The molecule has 3 aromatic rings. The van der Waals surface area contributed by atoms with E-state index in [9.17, 15) is 27.6 Å². The van der Waals surface area contributed by atoms with Crippen LogP contribution in [0, 0.1) is 0 Å². The molecule has 0 saturated heterocycles. The van der Waals surface area contributed by atoms with Crippen molar-refractivity contribution in [3.63, 3.8) is 0 Å². The predicted octanol–water partition coefficient (Wildman–Crippen LogP) is 6.16. The van der Waals surface area contributed by atoms with Crippen LogP contribution in [0.15, 0.2) is 88.0 Å². The molecule has 6 nitrogen and oxygen atoms in total. The fourth-order valence-electron chi connectivity index (χ4n) is 3.30. The van der Waals surface area contributed by atoms with Gasteiger partial charge in [-0.25, -0.2) is 4.90 Å². The molecule has 1 aliphatic heterocycles. The first-order chi connectivity index (χ1) is 16.5. The maximum Gasteiger partial charge on any atom is 0.416 e. The number of nitrogens with one attached hydrogen (secondary N) is 2. The van der Waals surface area contributed by atoms with Crippen LogP contribution in [-0.4, -0.2) is 17.7 Å². The standard InChI is InChI=1S/C24H14BrClF3N3O3/c25-15-7-9-18(10-8-15)32-22(34)19(26)20(23(32)35)30-16-5-1-3-13(11-16)21(33)31-17-6-2-4-14(12-17)24(27,28)29/h1-12,30H,(H,31,33). The van der Waals surface area contributed by atoms with Gasteiger partial charge in [0.05, 0.1) is 11.3 Å². The average molecular weight is 565 g/mol. The molecule has 35 heavy (non-hydrogen) atoms. The Balaban J connectivity index is 1.52. The van der Waals surface area contributed by atoms with Crippen molar-refractivity contribution < 1.29 is 27.6 Å². The maximum absolute atomic E-state index is 12.9. The molecule has 0 aliphatic carbocycles. The molecular formula is C24H14BrClF3N3O3. The van der Waals surface area contributed by atoms with Gasteiger partial charge in [-0.3, -0.25) is 14.4 Å². The lowest BCUT2D eigenvalue weighted by atomic mass is 10.1. The van der Waals surface area contributed by atoms with Gasteiger partial charge in [-0.05, 0) is 60.7 Å². The molecule has 2 N–H and O–H groups in total. The van der Waals surface area contributed by atoms with Crippen LogP contribution in [0.4, 0.5) is 30.2 Å². The number of carbonyl (C=O) groups excluding carboxylic acids is 3. The molecule has 4 rings (SSSR count). The van der Waals surface area contributed by atoms with E-state index in [2.05, 4.69) is 26.6 Å². The SMILES string of the molecule is O=C(Nc1cccc(C(F)(F)F)c1)c1cccc(NC2=C(Cl)C(=O)N(c3ccc(Br)cc3)C2=O)c1. The summed E-state index contributed by atoms with van der Waals surface area (Å²) in [5.41, 5.74) is -0.399. The molecule has 0 unspecified atom stereocenters. The van der Waals surface area contributed by atoms with Gasteiger partial charge in [0.25, 0.3) is 17.7 Å². The third kappa shape index (κ3) is 5.23. The van der Waals surface area contributed by atoms with Crippen LogP contribution in [0.2, 0.25) is 0 Å². The summed E-state index contributed by atoms with van der Waals surface area (Å²) in [6.45, 7) is 0. The Labute approximate surface area is 210 Å². The number of imide groups is 1. The fourth-order valence-corrected chi connectivity index (χ4v) is 3.77. The first-order valence-electron chi connectivity index (χ1n) is 9.94. The van der Waals surface area contributed by atoms with E-state index in [1.807, 2.05) is 0 Å². The van der Waals surface area contributed by atoms with Crippen molar-refractivity contribution in [3.8, 4) is 0 Å². The van der Waals surface area contributed by atoms with E-state index in [0.717, 1.165) is 21.5 Å². The van der Waals surface area contributed by atoms with Gasteiger partial charge in [0.1, 0.15) is 10.7 Å². The van der Waals surface area contributed by atoms with Crippen molar-refractivity contribution in [3.05, 3.63) is 99.1 Å². The summed E-state index contributed by atoms with van der Waals surface area (Å²) in [7, 11) is 0. The molecule has 3 aromatic carbocycles. The summed E-state index contributed by atoms with van der Waals surface area (Å²) < 4.78 is 39.5. The summed E-state index contributed by atoms with van der Waals surface area (Å²) >= 11 is 9.42. The highest BCUT2D eigenvalue weighted by molar-refractivity contribution is 9.10. The Morgan fingerprint density at radius 3 is 2.23 bits per heavy atom. The fraction of sp³-hybridized carbons (Fsp3) is 0.0417. The van der Waals surface area contributed by atoms with Crippen molar-refractivity contribution in [1.29, 1.82) is 0 Å². The number of nitrogens with zero attached hydrogens (tertiary/aromatic N) is 1. The zero-order chi connectivity index (χ0) is 25.3. The van der Waals surface area contributed by atoms with E-state index in [0.29, 0.717) is 5.69 Å². The van der Waals surface area contributed by atoms with Gasteiger partial charge in [-0.1, -0.05) is 39.7 Å². The molecule has 0 aromatic heterocycles. The van der Waals surface area contributed by atoms with Crippen molar-refractivity contribution in [2.45, 2.75) is 6.18 Å². The lowest BCUT2D eigenvalue weighted by molar-refractivity contribution is -0.137. The molecule has 1 heterocycles. The lowest BCUT2D eigenvalue weighted by Gasteiger charge is -2.15. The number of amides is 3. The minimum Gasteiger partial charge on any atom is -0.350 e. The third-order valence-corrected chi connectivity index (χ3v) is 5.83. The minimum absolute atomic E-state index is 0.0318. The van der Waals surface area contributed by atoms with Crippen LogP contribution in [0.3, 0.4) is 0 Å². The number of anilines is 3. The van der Waals surface area contributed by atoms with Crippen molar-refractivity contribution in [2.24, 2.45) is 0 Å². The molecule has 0 radical (unpaired) electrons. The normalized spacial score (nSPS) is 13.9. The Kier molecular flexibility index (Phi) is 6.68. The molecule has 178 valence electrons. The minimum atomic E-state index is -4.55. The summed E-state index contributed by atoms with van der Waals surface area (Å²) in [6, 6.07) is 16.6. The van der Waals surface area contributed by atoms with E-state index in [-0.39, 0.29) is 27.7 Å². The van der Waals surface area contributed by atoms with E-state index in [4.69, 9.17) is 11.6 Å². The molecular weight excluding hydrogens is 551 g/mol. The highest BCUT2D eigenvalue weighted by Gasteiger charge is 2.39. The molecule has 0 atom stereocenters. The predicted molar refractivity (Wildman–Crippen MR) is 129 cm³/mol. The Morgan fingerprint density at radius 2 is 1.54 bits per heavy atom. The van der Waals surface area contributed by atoms with Crippen molar-refractivity contribution in [1.82, 2.24) is 0 Å². The number of hydrogen-bond acceptors (Lipinski definition) is 4. The molecule has 0 spiro atoms. The van der Waals surface area contributed by atoms with Gasteiger partial charge < -0.3 is 10.6 Å². The third-order valence-electron chi connectivity index (χ3n) is 4.95. The van der Waals surface area contributed by atoms with Gasteiger partial charge in [0, 0.05) is 21.4 Å². The van der Waals surface area contributed by atoms with E-state index in [1.165, 1.54) is 36.4 Å². The number of rotatable bonds is 5. The second-order valence-electron chi connectivity index (χ2n) is 7.35. The summed E-state index contributed by atoms with van der Waals surface area (Å²) in [6.07, 6.45) is -4.55. The second-order valence-corrected chi connectivity index (χ2v) is 8.64. The van der Waals surface area contributed by atoms with Gasteiger partial charge in [0.2, 0.25) is 0 Å². The molecule has 1 aliphatic rings. The van der Waals surface area contributed by atoms with E-state index < -0.39 is 29.5 Å². The number of halogens is 5. The molecule has 3 amide bonds. The number of carbonyl (C=O) groups is 3. The molecule has 0 bridgehead atoms. The van der Waals surface area contributed by atoms with Crippen LogP contribution >= 0.6 is 27.5 Å². The van der Waals surface area contributed by atoms with E-state index in [1.54, 1.807) is 24.3 Å². The van der Waals surface area contributed by atoms with Crippen LogP contribution in [0.25, 0.3) is 0 Å². The maximum atomic E-state index is 12.9. The molecule has 0 fully saturated rings. The lowest BCUT2D eigenvalue weighted by Crippen LogP contribution is -2.32. The quantitative estimate of drug-likeness (QED) is 0.364. The van der Waals surface area contributed by atoms with E-state index >= 15 is 0 Å². The summed E-state index contributed by atoms with van der Waals surface area (Å²) in [4.78, 5) is 39.0. The van der Waals surface area contributed by atoms with Gasteiger partial charge in [-0.15, -0.1) is 0 Å². The van der Waals surface area contributed by atoms with Crippen molar-refractivity contribution >= 4 is 62.3 Å². The average Bonchev–Trinajstić information content (AvgIpc) is 3.03. The van der Waals surface area contributed by atoms with Crippen LogP contribution < -0.4 is 15.5 Å². The summed E-state index contributed by atoms with van der Waals surface area (Å²) in [5, 5.41) is 4.86. The first-order valence-corrected chi connectivity index (χ1v) is 11.1. The number of benzene rings is 3. The van der Waals surface area contributed by atoms with Crippen LogP contribution in [0.5, 0.6) is 0 Å².